The van der Waals surface area contributed by atoms with Crippen LogP contribution < -0.4 is 11.3 Å². The monoisotopic (exact) mass is 270 g/mol. The summed E-state index contributed by atoms with van der Waals surface area (Å²) in [6, 6.07) is 0. The van der Waals surface area contributed by atoms with Gasteiger partial charge in [-0.05, 0) is 13.2 Å². The minimum Gasteiger partial charge on any atom is -0.383 e. The second-order valence-corrected chi connectivity index (χ2v) is 3.99. The fourth-order valence-corrected chi connectivity index (χ4v) is 1.77. The Morgan fingerprint density at radius 1 is 1.33 bits per heavy atom. The highest BCUT2D eigenvalue weighted by atomic mass is 32.2. The van der Waals surface area contributed by atoms with E-state index in [1.807, 2.05) is 13.8 Å². The van der Waals surface area contributed by atoms with Crippen LogP contribution >= 0.6 is 11.8 Å². The predicted octanol–water partition coefficient (Wildman–Crippen LogP) is 2.10. The van der Waals surface area contributed by atoms with Crippen molar-refractivity contribution in [3.05, 3.63) is 21.9 Å². The summed E-state index contributed by atoms with van der Waals surface area (Å²) in [5, 5.41) is 0.342. The third-order valence-electron chi connectivity index (χ3n) is 2.16. The van der Waals surface area contributed by atoms with E-state index < -0.39 is 11.4 Å². The first-order chi connectivity index (χ1) is 8.54. The standard InChI is InChI=1S/C9H9FN4OS.C2H6/c1-3-5(10)6-4(8(15)12-3)7(11)14-9(13-6)16-2;1-2/h1-2H3,(H,12,15)(H2,11,13,14);1-2H3. The first-order valence-electron chi connectivity index (χ1n) is 5.44. The number of nitrogens with zero attached hydrogens (tertiary/aromatic N) is 2. The predicted molar refractivity (Wildman–Crippen MR) is 72.4 cm³/mol. The molecule has 0 fully saturated rings. The lowest BCUT2D eigenvalue weighted by molar-refractivity contribution is 0.616. The molecule has 0 aliphatic rings. The number of pyridine rings is 1. The van der Waals surface area contributed by atoms with Crippen LogP contribution in [-0.2, 0) is 0 Å². The molecule has 0 radical (unpaired) electrons. The molecule has 0 unspecified atom stereocenters. The number of thioether (sulfide) groups is 1. The van der Waals surface area contributed by atoms with E-state index in [9.17, 15) is 9.18 Å². The zero-order valence-electron chi connectivity index (χ0n) is 10.7. The summed E-state index contributed by atoms with van der Waals surface area (Å²) in [6.07, 6.45) is 1.75. The van der Waals surface area contributed by atoms with Crippen LogP contribution in [0.5, 0.6) is 0 Å². The van der Waals surface area contributed by atoms with Gasteiger partial charge in [-0.2, -0.15) is 0 Å². The van der Waals surface area contributed by atoms with Crippen LogP contribution in [-0.4, -0.2) is 21.2 Å². The van der Waals surface area contributed by atoms with Crippen LogP contribution in [0.15, 0.2) is 9.95 Å². The van der Waals surface area contributed by atoms with E-state index in [-0.39, 0.29) is 22.4 Å². The quantitative estimate of drug-likeness (QED) is 0.612. The Morgan fingerprint density at radius 3 is 2.50 bits per heavy atom. The molecule has 2 aromatic rings. The molecule has 18 heavy (non-hydrogen) atoms. The van der Waals surface area contributed by atoms with Crippen LogP contribution in [0.4, 0.5) is 10.2 Å². The molecule has 98 valence electrons. The lowest BCUT2D eigenvalue weighted by atomic mass is 10.2. The van der Waals surface area contributed by atoms with Crippen LogP contribution in [0.2, 0.25) is 0 Å². The third kappa shape index (κ3) is 2.45. The number of hydrogen-bond acceptors (Lipinski definition) is 5. The Balaban J connectivity index is 0.000000771. The van der Waals surface area contributed by atoms with Gasteiger partial charge in [0, 0.05) is 0 Å². The average molecular weight is 270 g/mol. The van der Waals surface area contributed by atoms with E-state index in [1.165, 1.54) is 18.7 Å². The maximum Gasteiger partial charge on any atom is 0.261 e. The van der Waals surface area contributed by atoms with Gasteiger partial charge in [-0.25, -0.2) is 14.4 Å². The van der Waals surface area contributed by atoms with Crippen molar-refractivity contribution in [1.82, 2.24) is 15.0 Å². The lowest BCUT2D eigenvalue weighted by Crippen LogP contribution is -2.14. The molecule has 0 aliphatic carbocycles. The molecule has 2 aromatic heterocycles. The Morgan fingerprint density at radius 2 is 1.94 bits per heavy atom. The fraction of sp³-hybridized carbons (Fsp3) is 0.364. The second kappa shape index (κ2) is 5.81. The molecule has 2 heterocycles. The molecular formula is C11H15FN4OS. The van der Waals surface area contributed by atoms with Crippen molar-refractivity contribution < 1.29 is 4.39 Å². The number of hydrogen-bond donors (Lipinski definition) is 2. The van der Waals surface area contributed by atoms with Gasteiger partial charge in [-0.1, -0.05) is 25.6 Å². The number of aromatic nitrogens is 3. The highest BCUT2D eigenvalue weighted by Gasteiger charge is 2.14. The molecule has 0 bridgehead atoms. The number of rotatable bonds is 1. The maximum atomic E-state index is 13.7. The molecular weight excluding hydrogens is 255 g/mol. The fourth-order valence-electron chi connectivity index (χ4n) is 1.40. The Bertz CT molecular complexity index is 626. The Kier molecular flexibility index (Phi) is 4.66. The van der Waals surface area contributed by atoms with Crippen LogP contribution in [0, 0.1) is 12.7 Å². The molecule has 0 amide bonds. The largest absolute Gasteiger partial charge is 0.383 e. The average Bonchev–Trinajstić information content (AvgIpc) is 2.37. The minimum absolute atomic E-state index is 0.000833. The van der Waals surface area contributed by atoms with Gasteiger partial charge >= 0.3 is 0 Å². The van der Waals surface area contributed by atoms with E-state index in [0.29, 0.717) is 5.16 Å². The molecule has 5 nitrogen and oxygen atoms in total. The van der Waals surface area contributed by atoms with Gasteiger partial charge in [-0.15, -0.1) is 0 Å². The highest BCUT2D eigenvalue weighted by Crippen LogP contribution is 2.21. The SMILES string of the molecule is CC.CSc1nc(N)c2c(=O)[nH]c(C)c(F)c2n1. The van der Waals surface area contributed by atoms with E-state index in [2.05, 4.69) is 15.0 Å². The zero-order chi connectivity index (χ0) is 13.9. The van der Waals surface area contributed by atoms with Gasteiger partial charge in [0.05, 0.1) is 5.69 Å². The van der Waals surface area contributed by atoms with Crippen molar-refractivity contribution in [2.75, 3.05) is 12.0 Å². The van der Waals surface area contributed by atoms with Crippen molar-refractivity contribution in [3.8, 4) is 0 Å². The number of nitrogen functional groups attached to an aromatic ring is 1. The number of aryl methyl sites for hydroxylation is 1. The van der Waals surface area contributed by atoms with Crippen molar-refractivity contribution >= 4 is 28.5 Å². The number of halogens is 1. The molecule has 3 N–H and O–H groups in total. The molecule has 2 rings (SSSR count). The van der Waals surface area contributed by atoms with Gasteiger partial charge in [0.1, 0.15) is 16.7 Å². The third-order valence-corrected chi connectivity index (χ3v) is 2.71. The van der Waals surface area contributed by atoms with Crippen LogP contribution in [0.25, 0.3) is 10.9 Å². The molecule has 0 aromatic carbocycles. The van der Waals surface area contributed by atoms with Crippen molar-refractivity contribution in [1.29, 1.82) is 0 Å². The van der Waals surface area contributed by atoms with E-state index >= 15 is 0 Å². The van der Waals surface area contributed by atoms with Gasteiger partial charge in [0.2, 0.25) is 0 Å². The van der Waals surface area contributed by atoms with E-state index in [1.54, 1.807) is 6.26 Å². The van der Waals surface area contributed by atoms with Gasteiger partial charge in [0.15, 0.2) is 11.0 Å². The smallest absolute Gasteiger partial charge is 0.261 e. The zero-order valence-corrected chi connectivity index (χ0v) is 11.5. The summed E-state index contributed by atoms with van der Waals surface area (Å²) < 4.78 is 13.7. The number of fused-ring (bicyclic) bond motifs is 1. The Hall–Kier alpha value is -1.63. The Labute approximate surface area is 108 Å². The van der Waals surface area contributed by atoms with Crippen LogP contribution in [0.3, 0.4) is 0 Å². The normalized spacial score (nSPS) is 10.1. The van der Waals surface area contributed by atoms with Gasteiger partial charge in [-0.3, -0.25) is 4.79 Å². The summed E-state index contributed by atoms with van der Waals surface area (Å²) in [7, 11) is 0. The first-order valence-corrected chi connectivity index (χ1v) is 6.66. The minimum atomic E-state index is -0.570. The number of anilines is 1. The van der Waals surface area contributed by atoms with Crippen molar-refractivity contribution in [2.24, 2.45) is 0 Å². The molecule has 0 spiro atoms. The summed E-state index contributed by atoms with van der Waals surface area (Å²) in [6.45, 7) is 5.47. The van der Waals surface area contributed by atoms with Gasteiger partial charge < -0.3 is 10.7 Å². The van der Waals surface area contributed by atoms with E-state index in [4.69, 9.17) is 5.73 Å². The summed E-state index contributed by atoms with van der Waals surface area (Å²) in [4.78, 5) is 21.8. The summed E-state index contributed by atoms with van der Waals surface area (Å²) >= 11 is 1.24. The number of aromatic amines is 1. The lowest BCUT2D eigenvalue weighted by Gasteiger charge is -2.05. The molecule has 7 heteroatoms. The maximum absolute atomic E-state index is 13.7. The molecule has 0 atom stereocenters. The molecule has 0 aliphatic heterocycles. The summed E-state index contributed by atoms with van der Waals surface area (Å²) in [5.41, 5.74) is 5.24. The first kappa shape index (κ1) is 14.4. The number of nitrogens with two attached hydrogens (primary N) is 1. The van der Waals surface area contributed by atoms with Crippen molar-refractivity contribution in [2.45, 2.75) is 25.9 Å². The topological polar surface area (TPSA) is 84.7 Å². The second-order valence-electron chi connectivity index (χ2n) is 3.21. The van der Waals surface area contributed by atoms with E-state index in [0.717, 1.165) is 0 Å². The summed E-state index contributed by atoms with van der Waals surface area (Å²) in [5.74, 6) is -0.575. The van der Waals surface area contributed by atoms with Crippen LogP contribution in [0.1, 0.15) is 19.5 Å². The van der Waals surface area contributed by atoms with Crippen molar-refractivity contribution in [3.63, 3.8) is 0 Å². The van der Waals surface area contributed by atoms with Gasteiger partial charge in [0.25, 0.3) is 5.56 Å². The highest BCUT2D eigenvalue weighted by molar-refractivity contribution is 7.98. The number of nitrogens with one attached hydrogen (secondary N) is 1. The molecule has 0 saturated heterocycles. The molecule has 0 saturated carbocycles. The number of H-pyrrole nitrogens is 1.